The van der Waals surface area contributed by atoms with Gasteiger partial charge in [0.15, 0.2) is 0 Å². The number of hydrogen-bond acceptors (Lipinski definition) is 4. The summed E-state index contributed by atoms with van der Waals surface area (Å²) in [6, 6.07) is 15.5. The Morgan fingerprint density at radius 1 is 1.10 bits per heavy atom. The Bertz CT molecular complexity index is 1120. The van der Waals surface area contributed by atoms with Crippen molar-refractivity contribution in [1.82, 2.24) is 5.43 Å². The van der Waals surface area contributed by atoms with Crippen LogP contribution in [0.4, 0.5) is 4.39 Å². The van der Waals surface area contributed by atoms with Crippen molar-refractivity contribution in [2.24, 2.45) is 5.10 Å². The lowest BCUT2D eigenvalue weighted by atomic mass is 10.1. The minimum absolute atomic E-state index is 0.0921. The lowest BCUT2D eigenvalue weighted by Gasteiger charge is -2.12. The monoisotopic (exact) mass is 460 g/mol. The number of ether oxygens (including phenoxy) is 1. The van der Waals surface area contributed by atoms with Gasteiger partial charge in [0, 0.05) is 10.6 Å². The van der Waals surface area contributed by atoms with E-state index in [0.717, 1.165) is 5.56 Å². The molecular weight excluding hydrogens is 442 g/mol. The maximum absolute atomic E-state index is 13.1. The van der Waals surface area contributed by atoms with Crippen molar-refractivity contribution in [2.75, 3.05) is 0 Å². The zero-order valence-electron chi connectivity index (χ0n) is 16.5. The first-order valence-corrected chi connectivity index (χ1v) is 10.2. The topological polar surface area (TPSA) is 70.9 Å². The fraction of sp³-hybridized carbons (Fsp3) is 0.130. The molecule has 3 aromatic carbocycles. The molecule has 0 spiro atoms. The van der Waals surface area contributed by atoms with Gasteiger partial charge in [-0.2, -0.15) is 5.10 Å². The largest absolute Gasteiger partial charge is 0.506 e. The number of nitrogens with zero attached hydrogens (tertiary/aromatic N) is 1. The van der Waals surface area contributed by atoms with Crippen LogP contribution in [-0.4, -0.2) is 16.7 Å². The number of aromatic hydroxyl groups is 1. The first-order chi connectivity index (χ1) is 14.9. The van der Waals surface area contributed by atoms with Crippen molar-refractivity contribution in [3.63, 3.8) is 0 Å². The van der Waals surface area contributed by atoms with Gasteiger partial charge in [-0.15, -0.1) is 0 Å². The van der Waals surface area contributed by atoms with E-state index in [1.807, 2.05) is 6.92 Å². The van der Waals surface area contributed by atoms with E-state index in [0.29, 0.717) is 28.5 Å². The molecule has 0 saturated carbocycles. The SMILES string of the molecule is CCC(=NNC(=O)c1ccccc1OCc1ccc(F)cc1)c1cc(Cl)cc(Cl)c1O. The number of nitrogens with one attached hydrogen (secondary N) is 1. The molecule has 160 valence electrons. The molecule has 0 heterocycles. The third kappa shape index (κ3) is 5.75. The van der Waals surface area contributed by atoms with Crippen molar-refractivity contribution < 1.29 is 19.0 Å². The summed E-state index contributed by atoms with van der Waals surface area (Å²) in [5.41, 5.74) is 4.26. The molecule has 0 aliphatic carbocycles. The second-order valence-electron chi connectivity index (χ2n) is 6.55. The van der Waals surface area contributed by atoms with Crippen LogP contribution in [0.25, 0.3) is 0 Å². The molecular formula is C23H19Cl2FN2O3. The highest BCUT2D eigenvalue weighted by atomic mass is 35.5. The molecule has 0 bridgehead atoms. The van der Waals surface area contributed by atoms with Crippen molar-refractivity contribution in [2.45, 2.75) is 20.0 Å². The number of para-hydroxylation sites is 1. The van der Waals surface area contributed by atoms with Gasteiger partial charge in [0.1, 0.15) is 23.9 Å². The molecule has 0 aromatic heterocycles. The molecule has 0 radical (unpaired) electrons. The minimum Gasteiger partial charge on any atom is -0.506 e. The fourth-order valence-electron chi connectivity index (χ4n) is 2.82. The summed E-state index contributed by atoms with van der Waals surface area (Å²) in [5, 5.41) is 14.8. The summed E-state index contributed by atoms with van der Waals surface area (Å²) in [6.07, 6.45) is 0.410. The Hall–Kier alpha value is -3.09. The molecule has 0 fully saturated rings. The van der Waals surface area contributed by atoms with E-state index in [2.05, 4.69) is 10.5 Å². The number of carbonyl (C=O) groups is 1. The lowest BCUT2D eigenvalue weighted by Crippen LogP contribution is -2.21. The van der Waals surface area contributed by atoms with Crippen LogP contribution in [0.3, 0.4) is 0 Å². The number of benzene rings is 3. The number of halogens is 3. The molecule has 0 unspecified atom stereocenters. The van der Waals surface area contributed by atoms with E-state index < -0.39 is 5.91 Å². The second-order valence-corrected chi connectivity index (χ2v) is 7.39. The van der Waals surface area contributed by atoms with Gasteiger partial charge in [-0.25, -0.2) is 9.82 Å². The Kier molecular flexibility index (Phi) is 7.50. The van der Waals surface area contributed by atoms with Gasteiger partial charge in [-0.3, -0.25) is 4.79 Å². The summed E-state index contributed by atoms with van der Waals surface area (Å²) in [4.78, 5) is 12.7. The van der Waals surface area contributed by atoms with E-state index >= 15 is 0 Å². The van der Waals surface area contributed by atoms with Crippen LogP contribution in [0.15, 0.2) is 65.8 Å². The maximum atomic E-state index is 13.1. The quantitative estimate of drug-likeness (QED) is 0.337. The van der Waals surface area contributed by atoms with E-state index in [9.17, 15) is 14.3 Å². The first kappa shape index (κ1) is 22.6. The highest BCUT2D eigenvalue weighted by molar-refractivity contribution is 6.36. The highest BCUT2D eigenvalue weighted by Crippen LogP contribution is 2.32. The zero-order chi connectivity index (χ0) is 22.4. The van der Waals surface area contributed by atoms with Crippen molar-refractivity contribution >= 4 is 34.8 Å². The van der Waals surface area contributed by atoms with Gasteiger partial charge in [-0.05, 0) is 48.4 Å². The van der Waals surface area contributed by atoms with Crippen LogP contribution in [0.5, 0.6) is 11.5 Å². The molecule has 0 saturated heterocycles. The van der Waals surface area contributed by atoms with Gasteiger partial charge in [0.05, 0.1) is 16.3 Å². The van der Waals surface area contributed by atoms with Crippen LogP contribution < -0.4 is 10.2 Å². The Labute approximate surface area is 189 Å². The smallest absolute Gasteiger partial charge is 0.275 e. The molecule has 8 heteroatoms. The van der Waals surface area contributed by atoms with E-state index in [1.165, 1.54) is 24.3 Å². The molecule has 0 aliphatic heterocycles. The average molecular weight is 461 g/mol. The van der Waals surface area contributed by atoms with Gasteiger partial charge in [-0.1, -0.05) is 54.4 Å². The van der Waals surface area contributed by atoms with E-state index in [1.54, 1.807) is 36.4 Å². The number of amides is 1. The maximum Gasteiger partial charge on any atom is 0.275 e. The summed E-state index contributed by atoms with van der Waals surface area (Å²) in [7, 11) is 0. The third-order valence-corrected chi connectivity index (χ3v) is 4.91. The van der Waals surface area contributed by atoms with Crippen molar-refractivity contribution in [3.05, 3.63) is 93.2 Å². The number of phenolic OH excluding ortho intramolecular Hbond substituents is 1. The summed E-state index contributed by atoms with van der Waals surface area (Å²) in [5.74, 6) is -0.636. The van der Waals surface area contributed by atoms with Gasteiger partial charge >= 0.3 is 0 Å². The Balaban J connectivity index is 1.78. The van der Waals surface area contributed by atoms with Gasteiger partial charge < -0.3 is 9.84 Å². The molecule has 0 aliphatic rings. The van der Waals surface area contributed by atoms with Crippen LogP contribution in [-0.2, 0) is 6.61 Å². The number of hydrazone groups is 1. The standard InChI is InChI=1S/C23H19Cl2FN2O3/c1-2-20(18-11-15(24)12-19(25)22(18)29)27-28-23(30)17-5-3-4-6-21(17)31-13-14-7-9-16(26)10-8-14/h3-12,29H,2,13H2,1H3,(H,28,30). The number of hydrogen-bond donors (Lipinski definition) is 2. The first-order valence-electron chi connectivity index (χ1n) is 9.40. The van der Waals surface area contributed by atoms with E-state index in [4.69, 9.17) is 27.9 Å². The predicted molar refractivity (Wildman–Crippen MR) is 120 cm³/mol. The molecule has 5 nitrogen and oxygen atoms in total. The van der Waals surface area contributed by atoms with Gasteiger partial charge in [0.25, 0.3) is 5.91 Å². The van der Waals surface area contributed by atoms with Crippen LogP contribution >= 0.6 is 23.2 Å². The van der Waals surface area contributed by atoms with Crippen LogP contribution in [0.1, 0.15) is 34.8 Å². The highest BCUT2D eigenvalue weighted by Gasteiger charge is 2.15. The third-order valence-electron chi connectivity index (χ3n) is 4.41. The molecule has 3 aromatic rings. The molecule has 0 atom stereocenters. The fourth-order valence-corrected chi connectivity index (χ4v) is 3.31. The molecule has 31 heavy (non-hydrogen) atoms. The number of rotatable bonds is 7. The Morgan fingerprint density at radius 2 is 1.81 bits per heavy atom. The van der Waals surface area contributed by atoms with E-state index in [-0.39, 0.29) is 28.8 Å². The number of phenols is 1. The summed E-state index contributed by atoms with van der Waals surface area (Å²) in [6.45, 7) is 1.99. The predicted octanol–water partition coefficient (Wildman–Crippen LogP) is 5.96. The van der Waals surface area contributed by atoms with Gasteiger partial charge in [0.2, 0.25) is 0 Å². The minimum atomic E-state index is -0.492. The Morgan fingerprint density at radius 3 is 2.52 bits per heavy atom. The zero-order valence-corrected chi connectivity index (χ0v) is 18.0. The van der Waals surface area contributed by atoms with Crippen molar-refractivity contribution in [1.29, 1.82) is 0 Å². The van der Waals surface area contributed by atoms with Crippen LogP contribution in [0, 0.1) is 5.82 Å². The second kappa shape index (κ2) is 10.3. The van der Waals surface area contributed by atoms with Crippen LogP contribution in [0.2, 0.25) is 10.0 Å². The lowest BCUT2D eigenvalue weighted by molar-refractivity contribution is 0.0950. The number of carbonyl (C=O) groups excluding carboxylic acids is 1. The normalized spacial score (nSPS) is 11.3. The summed E-state index contributed by atoms with van der Waals surface area (Å²) >= 11 is 12.0. The molecule has 2 N–H and O–H groups in total. The summed E-state index contributed by atoms with van der Waals surface area (Å²) < 4.78 is 18.8. The molecule has 3 rings (SSSR count). The average Bonchev–Trinajstić information content (AvgIpc) is 2.77. The van der Waals surface area contributed by atoms with Crippen molar-refractivity contribution in [3.8, 4) is 11.5 Å². The molecule has 1 amide bonds.